The van der Waals surface area contributed by atoms with Gasteiger partial charge in [-0.15, -0.1) is 0 Å². The molecular weight excluding hydrogens is 276 g/mol. The molecule has 2 rings (SSSR count). The van der Waals surface area contributed by atoms with Crippen molar-refractivity contribution in [1.82, 2.24) is 10.5 Å². The standard InChI is InChI=1S/C18H24N2O2/c1-11(14-7-9-15(10-8-14)18(4,5)6)19-17(21)16-12(2)20-22-13(16)3/h7-11H,1-6H3,(H,19,21). The van der Waals surface area contributed by atoms with Crippen molar-refractivity contribution in [2.24, 2.45) is 0 Å². The number of carbonyl (C=O) groups excluding carboxylic acids is 1. The van der Waals surface area contributed by atoms with E-state index in [1.54, 1.807) is 13.8 Å². The third-order valence-corrected chi connectivity index (χ3v) is 3.88. The second-order valence-electron chi connectivity index (χ2n) is 6.77. The summed E-state index contributed by atoms with van der Waals surface area (Å²) in [6.45, 7) is 12.0. The van der Waals surface area contributed by atoms with Crippen molar-refractivity contribution in [3.8, 4) is 0 Å². The fourth-order valence-corrected chi connectivity index (χ4v) is 2.43. The summed E-state index contributed by atoms with van der Waals surface area (Å²) in [7, 11) is 0. The largest absolute Gasteiger partial charge is 0.361 e. The Morgan fingerprint density at radius 1 is 1.18 bits per heavy atom. The molecule has 2 aromatic rings. The minimum atomic E-state index is -0.149. The molecule has 118 valence electrons. The molecule has 0 bridgehead atoms. The van der Waals surface area contributed by atoms with Gasteiger partial charge in [-0.1, -0.05) is 50.2 Å². The predicted octanol–water partition coefficient (Wildman–Crippen LogP) is 4.08. The molecular formula is C18H24N2O2. The normalized spacial score (nSPS) is 13.0. The van der Waals surface area contributed by atoms with Crippen LogP contribution in [-0.4, -0.2) is 11.1 Å². The maximum absolute atomic E-state index is 12.3. The number of nitrogens with one attached hydrogen (secondary N) is 1. The molecule has 0 saturated carbocycles. The molecule has 1 heterocycles. The maximum Gasteiger partial charge on any atom is 0.257 e. The highest BCUT2D eigenvalue weighted by Gasteiger charge is 2.20. The Labute approximate surface area is 131 Å². The van der Waals surface area contributed by atoms with Crippen LogP contribution in [0.5, 0.6) is 0 Å². The molecule has 0 aliphatic carbocycles. The van der Waals surface area contributed by atoms with E-state index in [4.69, 9.17) is 4.52 Å². The number of aromatic nitrogens is 1. The topological polar surface area (TPSA) is 55.1 Å². The fraction of sp³-hybridized carbons (Fsp3) is 0.444. The van der Waals surface area contributed by atoms with Crippen LogP contribution in [0.25, 0.3) is 0 Å². The molecule has 1 aromatic carbocycles. The van der Waals surface area contributed by atoms with E-state index in [9.17, 15) is 4.79 Å². The van der Waals surface area contributed by atoms with Gasteiger partial charge in [-0.2, -0.15) is 0 Å². The molecule has 4 heteroatoms. The molecule has 0 aliphatic rings. The van der Waals surface area contributed by atoms with Gasteiger partial charge < -0.3 is 9.84 Å². The number of carbonyl (C=O) groups is 1. The molecule has 0 aliphatic heterocycles. The molecule has 1 N–H and O–H groups in total. The smallest absolute Gasteiger partial charge is 0.257 e. The zero-order chi connectivity index (χ0) is 16.5. The number of nitrogens with zero attached hydrogens (tertiary/aromatic N) is 1. The van der Waals surface area contributed by atoms with Crippen LogP contribution in [-0.2, 0) is 5.41 Å². The van der Waals surface area contributed by atoms with E-state index in [2.05, 4.69) is 55.5 Å². The van der Waals surface area contributed by atoms with Crippen LogP contribution in [0.1, 0.15) is 66.7 Å². The SMILES string of the molecule is Cc1noc(C)c1C(=O)NC(C)c1ccc(C(C)(C)C)cc1. The van der Waals surface area contributed by atoms with Gasteiger partial charge in [0.25, 0.3) is 5.91 Å². The lowest BCUT2D eigenvalue weighted by atomic mass is 9.86. The first-order valence-corrected chi connectivity index (χ1v) is 7.54. The Bertz CT molecular complexity index is 644. The van der Waals surface area contributed by atoms with Gasteiger partial charge in [-0.05, 0) is 37.3 Å². The summed E-state index contributed by atoms with van der Waals surface area (Å²) in [4.78, 5) is 12.3. The Morgan fingerprint density at radius 3 is 2.23 bits per heavy atom. The first kappa shape index (κ1) is 16.3. The first-order chi connectivity index (χ1) is 10.2. The van der Waals surface area contributed by atoms with Crippen LogP contribution >= 0.6 is 0 Å². The molecule has 22 heavy (non-hydrogen) atoms. The predicted molar refractivity (Wildman–Crippen MR) is 87.0 cm³/mol. The van der Waals surface area contributed by atoms with Crippen molar-refractivity contribution in [3.05, 3.63) is 52.4 Å². The molecule has 0 spiro atoms. The summed E-state index contributed by atoms with van der Waals surface area (Å²) in [5.41, 5.74) is 3.62. The highest BCUT2D eigenvalue weighted by molar-refractivity contribution is 5.96. The average Bonchev–Trinajstić information content (AvgIpc) is 2.77. The minimum absolute atomic E-state index is 0.0739. The third-order valence-electron chi connectivity index (χ3n) is 3.88. The molecule has 1 unspecified atom stereocenters. The summed E-state index contributed by atoms with van der Waals surface area (Å²) in [6.07, 6.45) is 0. The van der Waals surface area contributed by atoms with Gasteiger partial charge in [0.1, 0.15) is 11.3 Å². The van der Waals surface area contributed by atoms with Crippen molar-refractivity contribution in [2.75, 3.05) is 0 Å². The van der Waals surface area contributed by atoms with Crippen LogP contribution in [0.2, 0.25) is 0 Å². The minimum Gasteiger partial charge on any atom is -0.361 e. The lowest BCUT2D eigenvalue weighted by molar-refractivity contribution is 0.0938. The number of hydrogen-bond donors (Lipinski definition) is 1. The number of hydrogen-bond acceptors (Lipinski definition) is 3. The lowest BCUT2D eigenvalue weighted by Crippen LogP contribution is -2.27. The summed E-state index contributed by atoms with van der Waals surface area (Å²) in [5.74, 6) is 0.397. The third kappa shape index (κ3) is 3.38. The number of amides is 1. The number of benzene rings is 1. The monoisotopic (exact) mass is 300 g/mol. The van der Waals surface area contributed by atoms with E-state index in [1.807, 2.05) is 6.92 Å². The number of aryl methyl sites for hydroxylation is 2. The quantitative estimate of drug-likeness (QED) is 0.929. The zero-order valence-electron chi connectivity index (χ0n) is 14.2. The van der Waals surface area contributed by atoms with Crippen molar-refractivity contribution in [2.45, 2.75) is 53.0 Å². The van der Waals surface area contributed by atoms with E-state index in [0.29, 0.717) is 17.0 Å². The van der Waals surface area contributed by atoms with Gasteiger partial charge in [0.2, 0.25) is 0 Å². The summed E-state index contributed by atoms with van der Waals surface area (Å²) < 4.78 is 5.05. The fourth-order valence-electron chi connectivity index (χ4n) is 2.43. The van der Waals surface area contributed by atoms with Crippen LogP contribution in [0.4, 0.5) is 0 Å². The van der Waals surface area contributed by atoms with Crippen LogP contribution in [0, 0.1) is 13.8 Å². The van der Waals surface area contributed by atoms with Crippen LogP contribution < -0.4 is 5.32 Å². The van der Waals surface area contributed by atoms with Gasteiger partial charge in [0.15, 0.2) is 0 Å². The van der Waals surface area contributed by atoms with Gasteiger partial charge in [0.05, 0.1) is 11.7 Å². The Hall–Kier alpha value is -2.10. The average molecular weight is 300 g/mol. The maximum atomic E-state index is 12.3. The van der Waals surface area contributed by atoms with E-state index < -0.39 is 0 Å². The molecule has 0 saturated heterocycles. The highest BCUT2D eigenvalue weighted by Crippen LogP contribution is 2.24. The van der Waals surface area contributed by atoms with E-state index in [-0.39, 0.29) is 17.4 Å². The molecule has 1 aromatic heterocycles. The van der Waals surface area contributed by atoms with Crippen molar-refractivity contribution in [3.63, 3.8) is 0 Å². The molecule has 0 radical (unpaired) electrons. The molecule has 4 nitrogen and oxygen atoms in total. The van der Waals surface area contributed by atoms with Crippen LogP contribution in [0.15, 0.2) is 28.8 Å². The van der Waals surface area contributed by atoms with Crippen molar-refractivity contribution < 1.29 is 9.32 Å². The van der Waals surface area contributed by atoms with Crippen molar-refractivity contribution in [1.29, 1.82) is 0 Å². The summed E-state index contributed by atoms with van der Waals surface area (Å²) >= 11 is 0. The number of rotatable bonds is 3. The summed E-state index contributed by atoms with van der Waals surface area (Å²) in [6, 6.07) is 8.30. The Balaban J connectivity index is 2.12. The molecule has 0 fully saturated rings. The highest BCUT2D eigenvalue weighted by atomic mass is 16.5. The molecule has 1 amide bonds. The zero-order valence-corrected chi connectivity index (χ0v) is 14.2. The van der Waals surface area contributed by atoms with Gasteiger partial charge in [-0.3, -0.25) is 4.79 Å². The summed E-state index contributed by atoms with van der Waals surface area (Å²) in [5, 5.41) is 6.82. The second-order valence-corrected chi connectivity index (χ2v) is 6.77. The lowest BCUT2D eigenvalue weighted by Gasteiger charge is -2.20. The van der Waals surface area contributed by atoms with Crippen molar-refractivity contribution >= 4 is 5.91 Å². The van der Waals surface area contributed by atoms with E-state index in [0.717, 1.165) is 5.56 Å². The van der Waals surface area contributed by atoms with E-state index >= 15 is 0 Å². The van der Waals surface area contributed by atoms with Gasteiger partial charge in [-0.25, -0.2) is 0 Å². The van der Waals surface area contributed by atoms with Gasteiger partial charge in [0, 0.05) is 0 Å². The van der Waals surface area contributed by atoms with Crippen LogP contribution in [0.3, 0.4) is 0 Å². The first-order valence-electron chi connectivity index (χ1n) is 7.54. The van der Waals surface area contributed by atoms with E-state index in [1.165, 1.54) is 5.56 Å². The Morgan fingerprint density at radius 2 is 1.77 bits per heavy atom. The molecule has 1 atom stereocenters. The Kier molecular flexibility index (Phi) is 4.40. The van der Waals surface area contributed by atoms with Gasteiger partial charge >= 0.3 is 0 Å². The second kappa shape index (κ2) is 5.95.